The van der Waals surface area contributed by atoms with Gasteiger partial charge in [0, 0.05) is 30.7 Å². The molecule has 4 rings (SSSR count). The number of anilines is 1. The first-order valence-electron chi connectivity index (χ1n) is 9.27. The van der Waals surface area contributed by atoms with Gasteiger partial charge in [-0.3, -0.25) is 4.98 Å². The number of fused-ring (bicyclic) bond motifs is 1. The van der Waals surface area contributed by atoms with Crippen LogP contribution in [-0.2, 0) is 0 Å². The van der Waals surface area contributed by atoms with Gasteiger partial charge >= 0.3 is 0 Å². The summed E-state index contributed by atoms with van der Waals surface area (Å²) in [6.45, 7) is 4.03. The molecule has 0 bridgehead atoms. The van der Waals surface area contributed by atoms with Crippen LogP contribution in [0.5, 0.6) is 0 Å². The molecule has 0 aliphatic carbocycles. The van der Waals surface area contributed by atoms with Gasteiger partial charge < -0.3 is 10.6 Å². The summed E-state index contributed by atoms with van der Waals surface area (Å²) in [5.74, 6) is 0.623. The van der Waals surface area contributed by atoms with E-state index >= 15 is 0 Å². The molecule has 1 atom stereocenters. The van der Waals surface area contributed by atoms with E-state index in [1.165, 1.54) is 5.56 Å². The number of piperidine rings is 1. The van der Waals surface area contributed by atoms with Crippen LogP contribution in [0.3, 0.4) is 0 Å². The van der Waals surface area contributed by atoms with Crippen molar-refractivity contribution in [2.24, 2.45) is 5.73 Å². The number of rotatable bonds is 3. The highest BCUT2D eigenvalue weighted by atomic mass is 35.5. The largest absolute Gasteiger partial charge is 0.369 e. The highest BCUT2D eigenvalue weighted by Crippen LogP contribution is 2.39. The van der Waals surface area contributed by atoms with E-state index in [9.17, 15) is 0 Å². The molecule has 0 radical (unpaired) electrons. The van der Waals surface area contributed by atoms with Crippen LogP contribution in [0.25, 0.3) is 10.9 Å². The second kappa shape index (κ2) is 7.26. The summed E-state index contributed by atoms with van der Waals surface area (Å²) in [6, 6.07) is 16.7. The minimum absolute atomic E-state index is 0.0826. The molecular weight excluding hydrogens is 342 g/mol. The fraction of sp³-hybridized carbons (Fsp3) is 0.318. The first kappa shape index (κ1) is 17.3. The van der Waals surface area contributed by atoms with E-state index < -0.39 is 0 Å². The van der Waals surface area contributed by atoms with Crippen LogP contribution < -0.4 is 10.6 Å². The normalized spacial score (nSPS) is 16.8. The summed E-state index contributed by atoms with van der Waals surface area (Å²) >= 11 is 6.51. The van der Waals surface area contributed by atoms with E-state index in [1.807, 2.05) is 31.3 Å². The van der Waals surface area contributed by atoms with Gasteiger partial charge in [-0.1, -0.05) is 41.9 Å². The summed E-state index contributed by atoms with van der Waals surface area (Å²) in [5, 5.41) is 1.72. The Morgan fingerprint density at radius 3 is 2.54 bits per heavy atom. The molecule has 1 fully saturated rings. The molecule has 3 aromatic rings. The smallest absolute Gasteiger partial charge is 0.0953 e. The Labute approximate surface area is 159 Å². The fourth-order valence-corrected chi connectivity index (χ4v) is 4.32. The fourth-order valence-electron chi connectivity index (χ4n) is 4.05. The van der Waals surface area contributed by atoms with Gasteiger partial charge in [0.15, 0.2) is 0 Å². The molecule has 1 aromatic heterocycles. The third-order valence-corrected chi connectivity index (χ3v) is 5.73. The topological polar surface area (TPSA) is 42.1 Å². The number of nitrogens with two attached hydrogens (primary N) is 1. The average molecular weight is 366 g/mol. The van der Waals surface area contributed by atoms with Crippen molar-refractivity contribution in [1.82, 2.24) is 4.98 Å². The zero-order valence-corrected chi connectivity index (χ0v) is 15.8. The Bertz CT molecular complexity index is 900. The Balaban J connectivity index is 1.69. The van der Waals surface area contributed by atoms with Gasteiger partial charge in [0.25, 0.3) is 0 Å². The first-order chi connectivity index (χ1) is 12.6. The lowest BCUT2D eigenvalue weighted by atomic mass is 9.88. The van der Waals surface area contributed by atoms with E-state index in [0.717, 1.165) is 53.1 Å². The Morgan fingerprint density at radius 1 is 1.12 bits per heavy atom. The van der Waals surface area contributed by atoms with Gasteiger partial charge in [0.2, 0.25) is 0 Å². The summed E-state index contributed by atoms with van der Waals surface area (Å²) in [7, 11) is 0. The molecule has 4 heteroatoms. The third kappa shape index (κ3) is 3.17. The van der Waals surface area contributed by atoms with Crippen LogP contribution in [0, 0.1) is 0 Å². The van der Waals surface area contributed by atoms with Gasteiger partial charge in [0.1, 0.15) is 0 Å². The number of hydrogen-bond donors (Lipinski definition) is 1. The lowest BCUT2D eigenvalue weighted by Gasteiger charge is -2.36. The van der Waals surface area contributed by atoms with Crippen LogP contribution in [0.4, 0.5) is 5.69 Å². The Hall–Kier alpha value is -2.10. The maximum atomic E-state index is 6.51. The van der Waals surface area contributed by atoms with Crippen LogP contribution in [-0.4, -0.2) is 18.1 Å². The van der Waals surface area contributed by atoms with E-state index in [1.54, 1.807) is 0 Å². The van der Waals surface area contributed by atoms with Gasteiger partial charge in [-0.05, 0) is 55.0 Å². The van der Waals surface area contributed by atoms with E-state index in [2.05, 4.69) is 40.2 Å². The molecule has 1 aliphatic heterocycles. The standard InChI is InChI=1S/C22H24ClN3/c1-15(24)19-14-20(23)18-8-5-11-25-21(18)22(19)26-12-9-17(10-13-26)16-6-3-2-4-7-16/h2-8,11,14-15,17H,9-10,12-13,24H2,1H3. The van der Waals surface area contributed by atoms with Crippen LogP contribution >= 0.6 is 11.6 Å². The number of benzene rings is 2. The summed E-state index contributed by atoms with van der Waals surface area (Å²) in [4.78, 5) is 7.10. The van der Waals surface area contributed by atoms with Crippen molar-refractivity contribution in [3.8, 4) is 0 Å². The predicted octanol–water partition coefficient (Wildman–Crippen LogP) is 5.29. The van der Waals surface area contributed by atoms with Crippen molar-refractivity contribution < 1.29 is 0 Å². The molecule has 0 saturated carbocycles. The quantitative estimate of drug-likeness (QED) is 0.685. The molecule has 1 aliphatic rings. The summed E-state index contributed by atoms with van der Waals surface area (Å²) in [5.41, 5.74) is 10.9. The number of halogens is 1. The number of hydrogen-bond acceptors (Lipinski definition) is 3. The molecule has 1 unspecified atom stereocenters. The second-order valence-corrected chi connectivity index (χ2v) is 7.56. The molecule has 0 spiro atoms. The first-order valence-corrected chi connectivity index (χ1v) is 9.65. The van der Waals surface area contributed by atoms with Gasteiger partial charge in [0.05, 0.1) is 16.2 Å². The van der Waals surface area contributed by atoms with Crippen LogP contribution in [0.15, 0.2) is 54.7 Å². The molecule has 26 heavy (non-hydrogen) atoms. The zero-order valence-electron chi connectivity index (χ0n) is 15.0. The van der Waals surface area contributed by atoms with Crippen molar-refractivity contribution >= 4 is 28.2 Å². The van der Waals surface area contributed by atoms with Crippen molar-refractivity contribution in [3.63, 3.8) is 0 Å². The molecule has 2 aromatic carbocycles. The SMILES string of the molecule is CC(N)c1cc(Cl)c2cccnc2c1N1CCC(c2ccccc2)CC1. The van der Waals surface area contributed by atoms with Crippen molar-refractivity contribution in [1.29, 1.82) is 0 Å². The van der Waals surface area contributed by atoms with Crippen molar-refractivity contribution in [2.75, 3.05) is 18.0 Å². The van der Waals surface area contributed by atoms with E-state index in [4.69, 9.17) is 17.3 Å². The molecule has 0 amide bonds. The van der Waals surface area contributed by atoms with Gasteiger partial charge in [-0.15, -0.1) is 0 Å². The number of pyridine rings is 1. The maximum absolute atomic E-state index is 6.51. The van der Waals surface area contributed by atoms with E-state index in [-0.39, 0.29) is 6.04 Å². The molecular formula is C22H24ClN3. The van der Waals surface area contributed by atoms with E-state index in [0.29, 0.717) is 5.92 Å². The minimum Gasteiger partial charge on any atom is -0.369 e. The third-order valence-electron chi connectivity index (χ3n) is 5.42. The zero-order chi connectivity index (χ0) is 18.1. The molecule has 2 heterocycles. The predicted molar refractivity (Wildman–Crippen MR) is 110 cm³/mol. The van der Waals surface area contributed by atoms with Gasteiger partial charge in [-0.2, -0.15) is 0 Å². The second-order valence-electron chi connectivity index (χ2n) is 7.16. The molecule has 1 saturated heterocycles. The molecule has 3 nitrogen and oxygen atoms in total. The van der Waals surface area contributed by atoms with Crippen molar-refractivity contribution in [2.45, 2.75) is 31.7 Å². The summed E-state index contributed by atoms with van der Waals surface area (Å²) < 4.78 is 0. The Morgan fingerprint density at radius 2 is 1.85 bits per heavy atom. The summed E-state index contributed by atoms with van der Waals surface area (Å²) in [6.07, 6.45) is 4.11. The van der Waals surface area contributed by atoms with Gasteiger partial charge in [-0.25, -0.2) is 0 Å². The number of aromatic nitrogens is 1. The Kier molecular flexibility index (Phi) is 4.84. The average Bonchev–Trinajstić information content (AvgIpc) is 2.69. The molecule has 2 N–H and O–H groups in total. The minimum atomic E-state index is -0.0826. The maximum Gasteiger partial charge on any atom is 0.0953 e. The lowest BCUT2D eigenvalue weighted by molar-refractivity contribution is 0.504. The van der Waals surface area contributed by atoms with Crippen LogP contribution in [0.2, 0.25) is 5.02 Å². The number of nitrogens with zero attached hydrogens (tertiary/aromatic N) is 2. The van der Waals surface area contributed by atoms with Crippen LogP contribution in [0.1, 0.15) is 42.9 Å². The highest BCUT2D eigenvalue weighted by molar-refractivity contribution is 6.36. The lowest BCUT2D eigenvalue weighted by Crippen LogP contribution is -2.34. The molecule has 134 valence electrons. The van der Waals surface area contributed by atoms with Crippen molar-refractivity contribution in [3.05, 3.63) is 70.9 Å². The highest BCUT2D eigenvalue weighted by Gasteiger charge is 2.25. The monoisotopic (exact) mass is 365 g/mol.